The summed E-state index contributed by atoms with van der Waals surface area (Å²) < 4.78 is 5.91. The van der Waals surface area contributed by atoms with Gasteiger partial charge in [-0.3, -0.25) is 0 Å². The molecule has 1 unspecified atom stereocenters. The molecule has 0 saturated heterocycles. The Kier molecular flexibility index (Phi) is 4.44. The first-order valence-electron chi connectivity index (χ1n) is 6.23. The molecule has 0 saturated carbocycles. The first-order valence-corrected chi connectivity index (χ1v) is 7.03. The van der Waals surface area contributed by atoms with Crippen molar-refractivity contribution in [3.63, 3.8) is 0 Å². The molecule has 0 fully saturated rings. The van der Waals surface area contributed by atoms with E-state index in [-0.39, 0.29) is 18.3 Å². The summed E-state index contributed by atoms with van der Waals surface area (Å²) in [5.41, 5.74) is 1.84. The van der Waals surface area contributed by atoms with E-state index in [0.717, 1.165) is 15.6 Å². The number of ether oxygens (including phenoxy) is 1. The van der Waals surface area contributed by atoms with Crippen LogP contribution in [0.25, 0.3) is 0 Å². The monoisotopic (exact) mass is 338 g/mol. The summed E-state index contributed by atoms with van der Waals surface area (Å²) in [4.78, 5) is 23.6. The van der Waals surface area contributed by atoms with E-state index < -0.39 is 12.0 Å². The van der Waals surface area contributed by atoms with Crippen LogP contribution in [0, 0.1) is 0 Å². The second-order valence-corrected chi connectivity index (χ2v) is 5.28. The van der Waals surface area contributed by atoms with Gasteiger partial charge in [-0.1, -0.05) is 28.1 Å². The second-order valence-electron chi connectivity index (χ2n) is 4.36. The molecule has 106 valence electrons. The van der Waals surface area contributed by atoms with Gasteiger partial charge < -0.3 is 15.4 Å². The van der Waals surface area contributed by atoms with E-state index in [1.807, 2.05) is 24.3 Å². The van der Waals surface area contributed by atoms with Gasteiger partial charge in [0.25, 0.3) is 0 Å². The van der Waals surface area contributed by atoms with Gasteiger partial charge in [-0.15, -0.1) is 0 Å². The van der Waals surface area contributed by atoms with Crippen LogP contribution in [0.15, 0.2) is 40.0 Å². The van der Waals surface area contributed by atoms with Gasteiger partial charge in [0.05, 0.1) is 12.6 Å². The molecule has 5 nitrogen and oxygen atoms in total. The standard InChI is InChI=1S/C14H15BrN2O3/c1-3-20-13(18)12-8(2)11(16-14(19)17-12)9-4-6-10(15)7-5-9/h4-7,11H,3H2,1-2H3,(H2,16,17,19). The van der Waals surface area contributed by atoms with Crippen molar-refractivity contribution in [3.8, 4) is 0 Å². The lowest BCUT2D eigenvalue weighted by Crippen LogP contribution is -2.45. The van der Waals surface area contributed by atoms with E-state index in [0.29, 0.717) is 0 Å². The third kappa shape index (κ3) is 3.01. The first kappa shape index (κ1) is 14.6. The Morgan fingerprint density at radius 1 is 1.35 bits per heavy atom. The Balaban J connectivity index is 2.37. The average molecular weight is 339 g/mol. The number of carbonyl (C=O) groups is 2. The minimum absolute atomic E-state index is 0.212. The Morgan fingerprint density at radius 2 is 2.00 bits per heavy atom. The largest absolute Gasteiger partial charge is 0.461 e. The van der Waals surface area contributed by atoms with Crippen molar-refractivity contribution in [3.05, 3.63) is 45.6 Å². The summed E-state index contributed by atoms with van der Waals surface area (Å²) in [6, 6.07) is 6.82. The zero-order chi connectivity index (χ0) is 14.7. The van der Waals surface area contributed by atoms with Gasteiger partial charge in [-0.25, -0.2) is 9.59 Å². The molecule has 1 heterocycles. The van der Waals surface area contributed by atoms with Crippen molar-refractivity contribution in [2.24, 2.45) is 0 Å². The first-order chi connectivity index (χ1) is 9.52. The zero-order valence-electron chi connectivity index (χ0n) is 11.2. The molecular formula is C14H15BrN2O3. The van der Waals surface area contributed by atoms with E-state index in [1.54, 1.807) is 13.8 Å². The van der Waals surface area contributed by atoms with Crippen LogP contribution in [0.1, 0.15) is 25.5 Å². The van der Waals surface area contributed by atoms with Crippen LogP contribution in [-0.2, 0) is 9.53 Å². The molecule has 2 rings (SSSR count). The maximum Gasteiger partial charge on any atom is 0.354 e. The Hall–Kier alpha value is -1.82. The van der Waals surface area contributed by atoms with E-state index in [1.165, 1.54) is 0 Å². The molecule has 1 aliphatic heterocycles. The normalized spacial score (nSPS) is 18.4. The quantitative estimate of drug-likeness (QED) is 0.832. The van der Waals surface area contributed by atoms with Crippen LogP contribution in [0.2, 0.25) is 0 Å². The predicted octanol–water partition coefficient (Wildman–Crippen LogP) is 2.64. The van der Waals surface area contributed by atoms with Gasteiger partial charge in [0.1, 0.15) is 5.70 Å². The molecular weight excluding hydrogens is 324 g/mol. The Morgan fingerprint density at radius 3 is 2.60 bits per heavy atom. The van der Waals surface area contributed by atoms with E-state index >= 15 is 0 Å². The number of benzene rings is 1. The van der Waals surface area contributed by atoms with Crippen molar-refractivity contribution in [1.82, 2.24) is 10.6 Å². The minimum atomic E-state index is -0.512. The molecule has 2 amide bonds. The maximum atomic E-state index is 11.9. The zero-order valence-corrected chi connectivity index (χ0v) is 12.8. The van der Waals surface area contributed by atoms with Crippen LogP contribution in [0.3, 0.4) is 0 Å². The fraction of sp³-hybridized carbons (Fsp3) is 0.286. The number of urea groups is 1. The smallest absolute Gasteiger partial charge is 0.354 e. The number of esters is 1. The summed E-state index contributed by atoms with van der Waals surface area (Å²) in [6.45, 7) is 3.79. The van der Waals surface area contributed by atoms with Crippen LogP contribution < -0.4 is 10.6 Å². The van der Waals surface area contributed by atoms with Crippen molar-refractivity contribution in [2.75, 3.05) is 6.61 Å². The number of hydrogen-bond donors (Lipinski definition) is 2. The molecule has 0 spiro atoms. The van der Waals surface area contributed by atoms with Crippen LogP contribution >= 0.6 is 15.9 Å². The van der Waals surface area contributed by atoms with Gasteiger partial charge in [-0.05, 0) is 37.1 Å². The summed E-state index contributed by atoms with van der Waals surface area (Å²) in [7, 11) is 0. The maximum absolute atomic E-state index is 11.9. The molecule has 1 aliphatic rings. The van der Waals surface area contributed by atoms with Crippen LogP contribution in [0.5, 0.6) is 0 Å². The highest BCUT2D eigenvalue weighted by Gasteiger charge is 2.29. The lowest BCUT2D eigenvalue weighted by Gasteiger charge is -2.27. The highest BCUT2D eigenvalue weighted by molar-refractivity contribution is 9.10. The van der Waals surface area contributed by atoms with Crippen molar-refractivity contribution >= 4 is 27.9 Å². The fourth-order valence-electron chi connectivity index (χ4n) is 2.04. The topological polar surface area (TPSA) is 67.4 Å². The lowest BCUT2D eigenvalue weighted by atomic mass is 9.97. The minimum Gasteiger partial charge on any atom is -0.461 e. The van der Waals surface area contributed by atoms with E-state index in [2.05, 4.69) is 26.6 Å². The predicted molar refractivity (Wildman–Crippen MR) is 77.9 cm³/mol. The highest BCUT2D eigenvalue weighted by atomic mass is 79.9. The SMILES string of the molecule is CCOC(=O)C1=C(C)C(c2ccc(Br)cc2)NC(=O)N1. The lowest BCUT2D eigenvalue weighted by molar-refractivity contribution is -0.139. The molecule has 0 aromatic heterocycles. The molecule has 1 aromatic rings. The van der Waals surface area contributed by atoms with Crippen molar-refractivity contribution < 1.29 is 14.3 Å². The third-order valence-electron chi connectivity index (χ3n) is 3.02. The molecule has 1 atom stereocenters. The van der Waals surface area contributed by atoms with Gasteiger partial charge in [0.2, 0.25) is 0 Å². The fourth-order valence-corrected chi connectivity index (χ4v) is 2.30. The van der Waals surface area contributed by atoms with Crippen LogP contribution in [0.4, 0.5) is 4.79 Å². The second kappa shape index (κ2) is 6.09. The molecule has 20 heavy (non-hydrogen) atoms. The van der Waals surface area contributed by atoms with Gasteiger partial charge in [0.15, 0.2) is 0 Å². The highest BCUT2D eigenvalue weighted by Crippen LogP contribution is 2.27. The number of halogens is 1. The van der Waals surface area contributed by atoms with Crippen molar-refractivity contribution in [2.45, 2.75) is 19.9 Å². The Bertz CT molecular complexity index is 566. The van der Waals surface area contributed by atoms with E-state index in [4.69, 9.17) is 4.74 Å². The molecule has 1 aromatic carbocycles. The molecule has 0 radical (unpaired) electrons. The summed E-state index contributed by atoms with van der Waals surface area (Å²) in [6.07, 6.45) is 0. The summed E-state index contributed by atoms with van der Waals surface area (Å²) >= 11 is 3.37. The van der Waals surface area contributed by atoms with E-state index in [9.17, 15) is 9.59 Å². The van der Waals surface area contributed by atoms with Gasteiger partial charge in [-0.2, -0.15) is 0 Å². The number of amides is 2. The number of hydrogen-bond acceptors (Lipinski definition) is 3. The van der Waals surface area contributed by atoms with Gasteiger partial charge >= 0.3 is 12.0 Å². The number of carbonyl (C=O) groups excluding carboxylic acids is 2. The summed E-state index contributed by atoms with van der Waals surface area (Å²) in [5.74, 6) is -0.512. The van der Waals surface area contributed by atoms with Gasteiger partial charge in [0, 0.05) is 4.47 Å². The third-order valence-corrected chi connectivity index (χ3v) is 3.55. The molecule has 0 aliphatic carbocycles. The van der Waals surface area contributed by atoms with Crippen LogP contribution in [-0.4, -0.2) is 18.6 Å². The average Bonchev–Trinajstić information content (AvgIpc) is 2.42. The van der Waals surface area contributed by atoms with Crippen molar-refractivity contribution in [1.29, 1.82) is 0 Å². The molecule has 0 bridgehead atoms. The Labute approximate surface area is 125 Å². The number of rotatable bonds is 3. The molecule has 2 N–H and O–H groups in total. The number of nitrogens with one attached hydrogen (secondary N) is 2. The molecule has 6 heteroatoms. The summed E-state index contributed by atoms with van der Waals surface area (Å²) in [5, 5.41) is 5.31.